The molecule has 0 spiro atoms. The number of nitrogens with zero attached hydrogens (tertiary/aromatic N) is 5. The van der Waals surface area contributed by atoms with Crippen molar-refractivity contribution < 1.29 is 14.3 Å². The van der Waals surface area contributed by atoms with Gasteiger partial charge in [0.15, 0.2) is 5.76 Å². The Balaban J connectivity index is 1.29. The lowest BCUT2D eigenvalue weighted by atomic mass is 10.0. The average Bonchev–Trinajstić information content (AvgIpc) is 3.65. The Kier molecular flexibility index (Phi) is 5.63. The third-order valence-electron chi connectivity index (χ3n) is 6.42. The number of aromatic hydroxyl groups is 1. The van der Waals surface area contributed by atoms with Crippen LogP contribution in [0.1, 0.15) is 16.5 Å². The van der Waals surface area contributed by atoms with Crippen LogP contribution in [0.5, 0.6) is 11.6 Å². The summed E-state index contributed by atoms with van der Waals surface area (Å²) in [7, 11) is 1.68. The highest BCUT2D eigenvalue weighted by atomic mass is 32.1. The molecule has 0 saturated carbocycles. The van der Waals surface area contributed by atoms with Crippen molar-refractivity contribution in [3.8, 4) is 23.2 Å². The van der Waals surface area contributed by atoms with Gasteiger partial charge in [-0.05, 0) is 42.0 Å². The lowest BCUT2D eigenvalue weighted by Gasteiger charge is -2.40. The number of hydrogen-bond donors (Lipinski definition) is 1. The van der Waals surface area contributed by atoms with Gasteiger partial charge in [0.05, 0.1) is 24.3 Å². The first-order valence-electron chi connectivity index (χ1n) is 11.5. The second-order valence-corrected chi connectivity index (χ2v) is 9.44. The molecular weight excluding hydrogens is 462 g/mol. The molecule has 1 fully saturated rings. The van der Waals surface area contributed by atoms with E-state index in [0.29, 0.717) is 16.5 Å². The predicted octanol–water partition coefficient (Wildman–Crippen LogP) is 4.68. The minimum Gasteiger partial charge on any atom is -0.497 e. The molecule has 2 aromatic carbocycles. The minimum atomic E-state index is -0.0882. The average molecular weight is 488 g/mol. The highest BCUT2D eigenvalue weighted by Gasteiger charge is 2.32. The van der Waals surface area contributed by atoms with Gasteiger partial charge in [0.1, 0.15) is 5.75 Å². The largest absolute Gasteiger partial charge is 0.497 e. The fraction of sp³-hybridized carbons (Fsp3) is 0.231. The van der Waals surface area contributed by atoms with Gasteiger partial charge in [-0.15, -0.1) is 5.10 Å². The summed E-state index contributed by atoms with van der Waals surface area (Å²) in [4.78, 5) is 10.9. The maximum atomic E-state index is 11.2. The minimum absolute atomic E-state index is 0.0882. The highest BCUT2D eigenvalue weighted by molar-refractivity contribution is 7.17. The molecule has 5 aromatic rings. The van der Waals surface area contributed by atoms with Crippen molar-refractivity contribution in [2.45, 2.75) is 6.04 Å². The Morgan fingerprint density at radius 3 is 2.40 bits per heavy atom. The summed E-state index contributed by atoms with van der Waals surface area (Å²) in [6.45, 7) is 3.49. The van der Waals surface area contributed by atoms with Crippen molar-refractivity contribution in [2.75, 3.05) is 38.2 Å². The maximum Gasteiger partial charge on any atom is 0.230 e. The standard InChI is InChI=1S/C26H25N5O3S/c1-33-20-11-9-19(10-12-20)29-13-15-30(16-14-29)22(18-6-3-2-4-7-18)23-25(32)31-26(35-23)27-24(28-31)21-8-5-17-34-21/h2-12,17,22,32H,13-16H2,1H3/t22-/m1/s1. The molecular formula is C26H25N5O3S. The van der Waals surface area contributed by atoms with E-state index >= 15 is 0 Å². The number of ether oxygens (including phenoxy) is 1. The molecule has 0 radical (unpaired) electrons. The topological polar surface area (TPSA) is 79.3 Å². The number of methoxy groups -OCH3 is 1. The summed E-state index contributed by atoms with van der Waals surface area (Å²) in [5, 5.41) is 15.7. The van der Waals surface area contributed by atoms with Gasteiger partial charge in [0.25, 0.3) is 0 Å². The van der Waals surface area contributed by atoms with Gasteiger partial charge >= 0.3 is 0 Å². The molecule has 1 aliphatic rings. The molecule has 6 rings (SSSR count). The van der Waals surface area contributed by atoms with Crippen LogP contribution in [0.25, 0.3) is 16.5 Å². The first-order valence-corrected chi connectivity index (χ1v) is 12.3. The van der Waals surface area contributed by atoms with Gasteiger partial charge in [-0.3, -0.25) is 4.90 Å². The fourth-order valence-corrected chi connectivity index (χ4v) is 5.75. The zero-order valence-corrected chi connectivity index (χ0v) is 20.1. The lowest BCUT2D eigenvalue weighted by molar-refractivity contribution is 0.211. The van der Waals surface area contributed by atoms with Crippen molar-refractivity contribution >= 4 is 22.0 Å². The summed E-state index contributed by atoms with van der Waals surface area (Å²) in [6.07, 6.45) is 1.59. The molecule has 35 heavy (non-hydrogen) atoms. The number of thiazole rings is 1. The summed E-state index contributed by atoms with van der Waals surface area (Å²) >= 11 is 1.47. The third kappa shape index (κ3) is 4.02. The number of aromatic nitrogens is 3. The molecule has 1 N–H and O–H groups in total. The van der Waals surface area contributed by atoms with Crippen molar-refractivity contribution in [1.82, 2.24) is 19.5 Å². The number of fused-ring (bicyclic) bond motifs is 1. The number of anilines is 1. The maximum absolute atomic E-state index is 11.2. The first-order chi connectivity index (χ1) is 17.2. The second kappa shape index (κ2) is 9.09. The number of hydrogen-bond acceptors (Lipinski definition) is 8. The zero-order valence-electron chi connectivity index (χ0n) is 19.2. The van der Waals surface area contributed by atoms with E-state index in [-0.39, 0.29) is 11.9 Å². The smallest absolute Gasteiger partial charge is 0.230 e. The van der Waals surface area contributed by atoms with Gasteiger partial charge < -0.3 is 19.2 Å². The van der Waals surface area contributed by atoms with Crippen molar-refractivity contribution in [2.24, 2.45) is 0 Å². The molecule has 9 heteroatoms. The quantitative estimate of drug-likeness (QED) is 0.373. The molecule has 178 valence electrons. The zero-order chi connectivity index (χ0) is 23.8. The van der Waals surface area contributed by atoms with Crippen LogP contribution in [-0.4, -0.2) is 57.9 Å². The Labute approximate surface area is 206 Å². The van der Waals surface area contributed by atoms with Gasteiger partial charge in [0.2, 0.25) is 16.7 Å². The molecule has 3 aromatic heterocycles. The molecule has 1 saturated heterocycles. The molecule has 1 atom stereocenters. The molecule has 1 aliphatic heterocycles. The summed E-state index contributed by atoms with van der Waals surface area (Å²) in [5.41, 5.74) is 2.32. The van der Waals surface area contributed by atoms with Crippen LogP contribution in [0.3, 0.4) is 0 Å². The van der Waals surface area contributed by atoms with Crippen LogP contribution in [0, 0.1) is 0 Å². The Morgan fingerprint density at radius 2 is 1.74 bits per heavy atom. The summed E-state index contributed by atoms with van der Waals surface area (Å²) < 4.78 is 12.2. The second-order valence-electron chi connectivity index (χ2n) is 8.43. The van der Waals surface area contributed by atoms with Crippen molar-refractivity contribution in [3.63, 3.8) is 0 Å². The van der Waals surface area contributed by atoms with E-state index in [9.17, 15) is 5.11 Å². The van der Waals surface area contributed by atoms with Gasteiger partial charge in [-0.2, -0.15) is 9.50 Å². The molecule has 0 aliphatic carbocycles. The fourth-order valence-electron chi connectivity index (χ4n) is 4.63. The highest BCUT2D eigenvalue weighted by Crippen LogP contribution is 2.41. The van der Waals surface area contributed by atoms with Crippen LogP contribution in [-0.2, 0) is 0 Å². The van der Waals surface area contributed by atoms with Crippen LogP contribution in [0.4, 0.5) is 5.69 Å². The number of piperazine rings is 1. The normalized spacial score (nSPS) is 15.5. The molecule has 0 amide bonds. The van der Waals surface area contributed by atoms with Crippen LogP contribution in [0.2, 0.25) is 0 Å². The molecule has 0 bridgehead atoms. The Bertz CT molecular complexity index is 1410. The number of benzene rings is 2. The first kappa shape index (κ1) is 21.7. The van der Waals surface area contributed by atoms with E-state index in [2.05, 4.69) is 44.1 Å². The van der Waals surface area contributed by atoms with E-state index in [1.165, 1.54) is 21.5 Å². The van der Waals surface area contributed by atoms with Crippen molar-refractivity contribution in [3.05, 3.63) is 83.4 Å². The van der Waals surface area contributed by atoms with Gasteiger partial charge in [0, 0.05) is 31.9 Å². The lowest BCUT2D eigenvalue weighted by Crippen LogP contribution is -2.47. The predicted molar refractivity (Wildman–Crippen MR) is 135 cm³/mol. The van der Waals surface area contributed by atoms with E-state index in [1.807, 2.05) is 36.4 Å². The van der Waals surface area contributed by atoms with Crippen molar-refractivity contribution in [1.29, 1.82) is 0 Å². The monoisotopic (exact) mass is 487 g/mol. The van der Waals surface area contributed by atoms with Crippen LogP contribution in [0.15, 0.2) is 77.4 Å². The van der Waals surface area contributed by atoms with E-state index in [1.54, 1.807) is 19.4 Å². The number of furan rings is 1. The summed E-state index contributed by atoms with van der Waals surface area (Å²) in [6, 6.07) is 22.0. The van der Waals surface area contributed by atoms with Crippen LogP contribution < -0.4 is 9.64 Å². The van der Waals surface area contributed by atoms with Gasteiger partial charge in [-0.1, -0.05) is 41.7 Å². The Hall–Kier alpha value is -3.82. The molecule has 0 unspecified atom stereocenters. The van der Waals surface area contributed by atoms with E-state index in [4.69, 9.17) is 9.15 Å². The number of rotatable bonds is 6. The van der Waals surface area contributed by atoms with E-state index < -0.39 is 0 Å². The summed E-state index contributed by atoms with van der Waals surface area (Å²) in [5.74, 6) is 2.03. The Morgan fingerprint density at radius 1 is 0.971 bits per heavy atom. The molecule has 8 nitrogen and oxygen atoms in total. The SMILES string of the molecule is COc1ccc(N2CCN([C@H](c3ccccc3)c3sc4nc(-c5ccco5)nn4c3O)CC2)cc1. The molecule has 4 heterocycles. The van der Waals surface area contributed by atoms with Crippen LogP contribution >= 0.6 is 11.3 Å². The van der Waals surface area contributed by atoms with E-state index in [0.717, 1.165) is 42.4 Å². The van der Waals surface area contributed by atoms with Gasteiger partial charge in [-0.25, -0.2) is 0 Å². The third-order valence-corrected chi connectivity index (χ3v) is 7.49.